The molecule has 2 N–H and O–H groups in total. The summed E-state index contributed by atoms with van der Waals surface area (Å²) in [4.78, 5) is 0. The van der Waals surface area contributed by atoms with E-state index in [4.69, 9.17) is 33.7 Å². The average Bonchev–Trinajstić information content (AvgIpc) is 2.30. The van der Waals surface area contributed by atoms with Crippen LogP contribution in [0.25, 0.3) is 0 Å². The minimum absolute atomic E-state index is 0. The van der Waals surface area contributed by atoms with E-state index in [0.717, 1.165) is 5.56 Å². The first kappa shape index (κ1) is 15.0. The van der Waals surface area contributed by atoms with Crippen molar-refractivity contribution < 1.29 is 4.74 Å². The van der Waals surface area contributed by atoms with Crippen LogP contribution in [0.15, 0.2) is 42.5 Å². The number of para-hydroxylation sites is 2. The summed E-state index contributed by atoms with van der Waals surface area (Å²) >= 11 is 11.9. The predicted molar refractivity (Wildman–Crippen MR) is 78.9 cm³/mol. The molecule has 0 aromatic heterocycles. The lowest BCUT2D eigenvalue weighted by Gasteiger charge is -2.09. The highest BCUT2D eigenvalue weighted by Crippen LogP contribution is 2.25. The van der Waals surface area contributed by atoms with Crippen LogP contribution in [0, 0.1) is 0 Å². The maximum absolute atomic E-state index is 6.04. The number of nitrogens with two attached hydrogens (primary N) is 1. The van der Waals surface area contributed by atoms with Crippen LogP contribution in [-0.4, -0.2) is 0 Å². The fraction of sp³-hybridized carbons (Fsp3) is 0.0769. The Hall–Kier alpha value is -1.09. The van der Waals surface area contributed by atoms with Crippen LogP contribution in [0.1, 0.15) is 5.56 Å². The topological polar surface area (TPSA) is 35.2 Å². The lowest BCUT2D eigenvalue weighted by molar-refractivity contribution is 0.308. The maximum Gasteiger partial charge on any atom is 0.142 e. The summed E-state index contributed by atoms with van der Waals surface area (Å²) in [7, 11) is 0. The van der Waals surface area contributed by atoms with Gasteiger partial charge in [0.1, 0.15) is 12.4 Å². The summed E-state index contributed by atoms with van der Waals surface area (Å²) in [6.45, 7) is 0.365. The molecule has 0 saturated carbocycles. The van der Waals surface area contributed by atoms with Gasteiger partial charge in [-0.1, -0.05) is 41.4 Å². The van der Waals surface area contributed by atoms with Crippen LogP contribution in [0.4, 0.5) is 5.69 Å². The molecule has 0 aliphatic carbocycles. The normalized spacial score (nSPS) is 9.67. The van der Waals surface area contributed by atoms with Gasteiger partial charge in [0.15, 0.2) is 0 Å². The highest BCUT2D eigenvalue weighted by Gasteiger charge is 2.03. The molecule has 96 valence electrons. The fourth-order valence-corrected chi connectivity index (χ4v) is 1.87. The van der Waals surface area contributed by atoms with Gasteiger partial charge in [-0.25, -0.2) is 0 Å². The molecule has 18 heavy (non-hydrogen) atoms. The average molecular weight is 305 g/mol. The van der Waals surface area contributed by atoms with Crippen LogP contribution in [-0.2, 0) is 6.61 Å². The molecule has 0 fully saturated rings. The molecule has 0 spiro atoms. The quantitative estimate of drug-likeness (QED) is 0.843. The summed E-state index contributed by atoms with van der Waals surface area (Å²) in [6, 6.07) is 12.6. The third-order valence-electron chi connectivity index (χ3n) is 2.32. The monoisotopic (exact) mass is 303 g/mol. The van der Waals surface area contributed by atoms with Gasteiger partial charge in [0.2, 0.25) is 0 Å². The van der Waals surface area contributed by atoms with Gasteiger partial charge in [-0.3, -0.25) is 0 Å². The predicted octanol–water partition coefficient (Wildman–Crippen LogP) is 4.58. The first-order chi connectivity index (χ1) is 8.16. The van der Waals surface area contributed by atoms with Crippen molar-refractivity contribution in [2.75, 3.05) is 5.73 Å². The molecule has 0 radical (unpaired) electrons. The highest BCUT2D eigenvalue weighted by molar-refractivity contribution is 6.35. The second-order valence-electron chi connectivity index (χ2n) is 3.56. The number of rotatable bonds is 3. The number of ether oxygens (including phenoxy) is 1. The Morgan fingerprint density at radius 1 is 1.06 bits per heavy atom. The van der Waals surface area contributed by atoms with Crippen molar-refractivity contribution in [2.45, 2.75) is 6.61 Å². The lowest BCUT2D eigenvalue weighted by atomic mass is 10.2. The smallest absolute Gasteiger partial charge is 0.142 e. The van der Waals surface area contributed by atoms with Crippen LogP contribution >= 0.6 is 35.6 Å². The number of benzene rings is 2. The number of nitrogen functional groups attached to an aromatic ring is 1. The van der Waals surface area contributed by atoms with E-state index in [1.54, 1.807) is 18.2 Å². The minimum Gasteiger partial charge on any atom is -0.487 e. The van der Waals surface area contributed by atoms with Gasteiger partial charge in [-0.2, -0.15) is 0 Å². The molecule has 0 atom stereocenters. The molecule has 0 bridgehead atoms. The molecule has 0 unspecified atom stereocenters. The van der Waals surface area contributed by atoms with Gasteiger partial charge in [-0.05, 0) is 24.3 Å². The van der Waals surface area contributed by atoms with E-state index in [1.165, 1.54) is 0 Å². The number of hydrogen-bond donors (Lipinski definition) is 1. The van der Waals surface area contributed by atoms with E-state index in [2.05, 4.69) is 0 Å². The Kier molecular flexibility index (Phi) is 5.60. The second-order valence-corrected chi connectivity index (χ2v) is 4.41. The third-order valence-corrected chi connectivity index (χ3v) is 2.90. The van der Waals surface area contributed by atoms with Crippen molar-refractivity contribution >= 4 is 41.3 Å². The molecule has 2 aromatic carbocycles. The van der Waals surface area contributed by atoms with Gasteiger partial charge in [-0.15, -0.1) is 12.4 Å². The number of anilines is 1. The molecule has 2 aromatic rings. The fourth-order valence-electron chi connectivity index (χ4n) is 1.41. The van der Waals surface area contributed by atoms with Crippen LogP contribution in [0.3, 0.4) is 0 Å². The molecule has 2 rings (SSSR count). The third kappa shape index (κ3) is 3.70. The molecule has 0 heterocycles. The number of hydrogen-bond acceptors (Lipinski definition) is 2. The van der Waals surface area contributed by atoms with Crippen molar-refractivity contribution in [1.29, 1.82) is 0 Å². The van der Waals surface area contributed by atoms with Crippen LogP contribution in [0.5, 0.6) is 5.75 Å². The molecule has 0 aliphatic heterocycles. The summed E-state index contributed by atoms with van der Waals surface area (Å²) in [5.41, 5.74) is 7.25. The van der Waals surface area contributed by atoms with Crippen molar-refractivity contribution in [3.63, 3.8) is 0 Å². The van der Waals surface area contributed by atoms with E-state index >= 15 is 0 Å². The van der Waals surface area contributed by atoms with Crippen LogP contribution in [0.2, 0.25) is 10.0 Å². The van der Waals surface area contributed by atoms with Crippen molar-refractivity contribution in [3.05, 3.63) is 58.1 Å². The lowest BCUT2D eigenvalue weighted by Crippen LogP contribution is -1.99. The van der Waals surface area contributed by atoms with Crippen molar-refractivity contribution in [2.24, 2.45) is 0 Å². The first-order valence-electron chi connectivity index (χ1n) is 5.08. The standard InChI is InChI=1S/C13H11Cl2NO.ClH/c14-10-6-5-9(11(15)7-10)8-17-13-4-2-1-3-12(13)16;/h1-7H,8,16H2;1H. The zero-order valence-electron chi connectivity index (χ0n) is 9.40. The Morgan fingerprint density at radius 2 is 1.78 bits per heavy atom. The van der Waals surface area contributed by atoms with E-state index in [9.17, 15) is 0 Å². The largest absolute Gasteiger partial charge is 0.487 e. The van der Waals surface area contributed by atoms with E-state index in [-0.39, 0.29) is 12.4 Å². The summed E-state index contributed by atoms with van der Waals surface area (Å²) < 4.78 is 5.59. The second kappa shape index (κ2) is 6.74. The van der Waals surface area contributed by atoms with Gasteiger partial charge in [0, 0.05) is 15.6 Å². The first-order valence-corrected chi connectivity index (χ1v) is 5.83. The van der Waals surface area contributed by atoms with E-state index < -0.39 is 0 Å². The molecule has 5 heteroatoms. The van der Waals surface area contributed by atoms with Gasteiger partial charge < -0.3 is 10.5 Å². The Labute approximate surface area is 122 Å². The van der Waals surface area contributed by atoms with Crippen molar-refractivity contribution in [1.82, 2.24) is 0 Å². The zero-order chi connectivity index (χ0) is 12.3. The van der Waals surface area contributed by atoms with Gasteiger partial charge >= 0.3 is 0 Å². The molecule has 0 amide bonds. The maximum atomic E-state index is 6.04. The number of halogens is 3. The Balaban J connectivity index is 0.00000162. The molecule has 0 aliphatic rings. The van der Waals surface area contributed by atoms with E-state index in [0.29, 0.717) is 28.1 Å². The summed E-state index contributed by atoms with van der Waals surface area (Å²) in [5, 5.41) is 1.20. The molecule has 2 nitrogen and oxygen atoms in total. The van der Waals surface area contributed by atoms with Crippen LogP contribution < -0.4 is 10.5 Å². The molecular weight excluding hydrogens is 293 g/mol. The highest BCUT2D eigenvalue weighted by atomic mass is 35.5. The van der Waals surface area contributed by atoms with Gasteiger partial charge in [0.05, 0.1) is 5.69 Å². The van der Waals surface area contributed by atoms with Gasteiger partial charge in [0.25, 0.3) is 0 Å². The molecule has 0 saturated heterocycles. The SMILES string of the molecule is Cl.Nc1ccccc1OCc1ccc(Cl)cc1Cl. The summed E-state index contributed by atoms with van der Waals surface area (Å²) in [5.74, 6) is 0.651. The Morgan fingerprint density at radius 3 is 2.44 bits per heavy atom. The van der Waals surface area contributed by atoms with E-state index in [1.807, 2.05) is 24.3 Å². The molecular formula is C13H12Cl3NO. The van der Waals surface area contributed by atoms with Crippen molar-refractivity contribution in [3.8, 4) is 5.75 Å². The summed E-state index contributed by atoms with van der Waals surface area (Å²) in [6.07, 6.45) is 0. The zero-order valence-corrected chi connectivity index (χ0v) is 11.7. The minimum atomic E-state index is 0. The Bertz CT molecular complexity index is 531.